The summed E-state index contributed by atoms with van der Waals surface area (Å²) < 4.78 is -2.06. The fraction of sp³-hybridized carbons (Fsp3) is 0.250. The van der Waals surface area contributed by atoms with E-state index in [2.05, 4.69) is 4.98 Å². The summed E-state index contributed by atoms with van der Waals surface area (Å²) in [5, 5.41) is 0.557. The van der Waals surface area contributed by atoms with Crippen LogP contribution in [-0.4, -0.2) is 20.3 Å². The van der Waals surface area contributed by atoms with E-state index in [1.807, 2.05) is 13.8 Å². The van der Waals surface area contributed by atoms with Crippen molar-refractivity contribution in [2.75, 3.05) is 0 Å². The van der Waals surface area contributed by atoms with Crippen LogP contribution < -0.4 is 0 Å². The highest BCUT2D eigenvalue weighted by Crippen LogP contribution is 2.30. The maximum Gasteiger partial charge on any atom is 0.254 e. The van der Waals surface area contributed by atoms with Crippen LogP contribution >= 0.6 is 46.4 Å². The molecule has 124 valence electrons. The zero-order valence-electron chi connectivity index (χ0n) is 12.5. The normalized spacial score (nSPS) is 10.7. The van der Waals surface area contributed by atoms with Crippen molar-refractivity contribution in [2.24, 2.45) is 0 Å². The Morgan fingerprint density at radius 1 is 1.13 bits per heavy atom. The fourth-order valence-corrected chi connectivity index (χ4v) is 2.29. The molecule has 0 atom stereocenters. The fourth-order valence-electron chi connectivity index (χ4n) is 1.77. The number of nitrogens with one attached hydrogen (secondary N) is 1. The van der Waals surface area contributed by atoms with Crippen molar-refractivity contribution in [3.63, 3.8) is 0 Å². The van der Waals surface area contributed by atoms with Gasteiger partial charge in [-0.1, -0.05) is 72.4 Å². The molecule has 0 spiro atoms. The maximum absolute atomic E-state index is 12.1. The van der Waals surface area contributed by atoms with E-state index in [9.17, 15) is 9.59 Å². The molecule has 0 amide bonds. The predicted octanol–water partition coefficient (Wildman–Crippen LogP) is 5.67. The van der Waals surface area contributed by atoms with Gasteiger partial charge in [0, 0.05) is 23.2 Å². The largest absolute Gasteiger partial charge is 0.358 e. The quantitative estimate of drug-likeness (QED) is 0.536. The highest BCUT2D eigenvalue weighted by atomic mass is 35.6. The first kappa shape index (κ1) is 20.0. The predicted molar refractivity (Wildman–Crippen MR) is 96.2 cm³/mol. The van der Waals surface area contributed by atoms with Crippen LogP contribution in [0.25, 0.3) is 0 Å². The number of halogens is 4. The standard InChI is InChI=1S/C14H9Cl4NO2.C2H6/c15-10-3-1-2-8(4-10)5-12(20)9-6-11(19-7-9)13(21)14(16,17)18;1-2/h1-4,6-7,19H,5H2;1-2H3. The van der Waals surface area contributed by atoms with E-state index >= 15 is 0 Å². The van der Waals surface area contributed by atoms with Crippen LogP contribution in [0.2, 0.25) is 5.02 Å². The summed E-state index contributed by atoms with van der Waals surface area (Å²) in [6.45, 7) is 4.00. The van der Waals surface area contributed by atoms with Gasteiger partial charge < -0.3 is 4.98 Å². The lowest BCUT2D eigenvalue weighted by Crippen LogP contribution is -2.19. The third kappa shape index (κ3) is 5.85. The molecular weight excluding hydrogens is 380 g/mol. The van der Waals surface area contributed by atoms with Crippen molar-refractivity contribution in [1.29, 1.82) is 0 Å². The number of carbonyl (C=O) groups is 2. The lowest BCUT2D eigenvalue weighted by molar-refractivity contribution is 0.0988. The summed E-state index contributed by atoms with van der Waals surface area (Å²) in [5.74, 6) is -0.883. The SMILES string of the molecule is CC.O=C(Cc1cccc(Cl)c1)c1c[nH]c(C(=O)C(Cl)(Cl)Cl)c1. The number of aromatic nitrogens is 1. The Kier molecular flexibility index (Phi) is 7.62. The molecule has 0 fully saturated rings. The molecule has 2 aromatic rings. The minimum Gasteiger partial charge on any atom is -0.358 e. The summed E-state index contributed by atoms with van der Waals surface area (Å²) >= 11 is 22.4. The number of ketones is 2. The highest BCUT2D eigenvalue weighted by Gasteiger charge is 2.32. The van der Waals surface area contributed by atoms with E-state index < -0.39 is 9.58 Å². The molecule has 0 aliphatic carbocycles. The van der Waals surface area contributed by atoms with Crippen LogP contribution in [-0.2, 0) is 6.42 Å². The lowest BCUT2D eigenvalue weighted by atomic mass is 10.1. The molecule has 0 radical (unpaired) electrons. The molecule has 0 saturated heterocycles. The van der Waals surface area contributed by atoms with Crippen LogP contribution in [0.4, 0.5) is 0 Å². The summed E-state index contributed by atoms with van der Waals surface area (Å²) in [4.78, 5) is 26.5. The Balaban J connectivity index is 0.00000127. The van der Waals surface area contributed by atoms with Gasteiger partial charge in [0.1, 0.15) is 0 Å². The molecule has 0 bridgehead atoms. The van der Waals surface area contributed by atoms with Crippen molar-refractivity contribution < 1.29 is 9.59 Å². The second kappa shape index (κ2) is 8.74. The van der Waals surface area contributed by atoms with Crippen LogP contribution in [0.1, 0.15) is 40.3 Å². The Labute approximate surface area is 154 Å². The van der Waals surface area contributed by atoms with E-state index in [-0.39, 0.29) is 17.9 Å². The molecule has 0 aliphatic rings. The van der Waals surface area contributed by atoms with Gasteiger partial charge in [0.2, 0.25) is 5.78 Å². The molecule has 0 saturated carbocycles. The van der Waals surface area contributed by atoms with Crippen molar-refractivity contribution in [3.8, 4) is 0 Å². The van der Waals surface area contributed by atoms with Gasteiger partial charge in [-0.3, -0.25) is 9.59 Å². The summed E-state index contributed by atoms with van der Waals surface area (Å²) in [5.41, 5.74) is 1.19. The minimum absolute atomic E-state index is 0.0736. The van der Waals surface area contributed by atoms with Gasteiger partial charge in [-0.05, 0) is 23.8 Å². The van der Waals surface area contributed by atoms with Crippen LogP contribution in [0.3, 0.4) is 0 Å². The summed E-state index contributed by atoms with van der Waals surface area (Å²) in [7, 11) is 0. The van der Waals surface area contributed by atoms with Gasteiger partial charge in [0.05, 0.1) is 5.69 Å². The van der Waals surface area contributed by atoms with E-state index in [1.165, 1.54) is 12.3 Å². The van der Waals surface area contributed by atoms with Gasteiger partial charge >= 0.3 is 0 Å². The molecule has 3 nitrogen and oxygen atoms in total. The number of H-pyrrole nitrogens is 1. The summed E-state index contributed by atoms with van der Waals surface area (Å²) in [6.07, 6.45) is 1.58. The number of alkyl halides is 3. The molecule has 1 heterocycles. The van der Waals surface area contributed by atoms with Crippen molar-refractivity contribution in [2.45, 2.75) is 24.1 Å². The molecule has 2 rings (SSSR count). The maximum atomic E-state index is 12.1. The Morgan fingerprint density at radius 3 is 2.35 bits per heavy atom. The molecular formula is C16H15Cl4NO2. The highest BCUT2D eigenvalue weighted by molar-refractivity contribution is 6.77. The second-order valence-electron chi connectivity index (χ2n) is 4.36. The second-order valence-corrected chi connectivity index (χ2v) is 7.08. The smallest absolute Gasteiger partial charge is 0.254 e. The van der Waals surface area contributed by atoms with Crippen molar-refractivity contribution in [3.05, 3.63) is 58.4 Å². The van der Waals surface area contributed by atoms with Crippen LogP contribution in [0.15, 0.2) is 36.5 Å². The lowest BCUT2D eigenvalue weighted by Gasteiger charge is -2.06. The van der Waals surface area contributed by atoms with Crippen LogP contribution in [0.5, 0.6) is 0 Å². The molecule has 1 aromatic heterocycles. The average molecular weight is 395 g/mol. The van der Waals surface area contributed by atoms with Gasteiger partial charge in [-0.25, -0.2) is 0 Å². The number of hydrogen-bond donors (Lipinski definition) is 1. The monoisotopic (exact) mass is 393 g/mol. The number of carbonyl (C=O) groups excluding carboxylic acids is 2. The van der Waals surface area contributed by atoms with Gasteiger partial charge in [0.15, 0.2) is 5.78 Å². The average Bonchev–Trinajstić information content (AvgIpc) is 2.97. The van der Waals surface area contributed by atoms with Crippen LogP contribution in [0, 0.1) is 0 Å². The molecule has 1 aromatic carbocycles. The van der Waals surface area contributed by atoms with Gasteiger partial charge in [0.25, 0.3) is 3.79 Å². The van der Waals surface area contributed by atoms with Gasteiger partial charge in [-0.2, -0.15) is 0 Å². The Bertz CT molecular complexity index is 689. The first-order valence-corrected chi connectivity index (χ1v) is 8.36. The summed E-state index contributed by atoms with van der Waals surface area (Å²) in [6, 6.07) is 8.36. The number of benzene rings is 1. The third-order valence-corrected chi connectivity index (χ3v) is 3.51. The molecule has 7 heteroatoms. The minimum atomic E-state index is -2.06. The zero-order chi connectivity index (χ0) is 17.6. The Morgan fingerprint density at radius 2 is 1.78 bits per heavy atom. The molecule has 23 heavy (non-hydrogen) atoms. The van der Waals surface area contributed by atoms with Crippen molar-refractivity contribution >= 4 is 58.0 Å². The van der Waals surface area contributed by atoms with E-state index in [0.29, 0.717) is 10.6 Å². The molecule has 0 aliphatic heterocycles. The molecule has 1 N–H and O–H groups in total. The number of aromatic amines is 1. The number of rotatable bonds is 4. The van der Waals surface area contributed by atoms with E-state index in [0.717, 1.165) is 5.56 Å². The Hall–Kier alpha value is -1.000. The van der Waals surface area contributed by atoms with E-state index in [1.54, 1.807) is 24.3 Å². The zero-order valence-corrected chi connectivity index (χ0v) is 15.5. The number of Topliss-reactive ketones (excluding diaryl/α,β-unsaturated/α-hetero) is 2. The van der Waals surface area contributed by atoms with Gasteiger partial charge in [-0.15, -0.1) is 0 Å². The van der Waals surface area contributed by atoms with E-state index in [4.69, 9.17) is 46.4 Å². The molecule has 0 unspecified atom stereocenters. The number of hydrogen-bond acceptors (Lipinski definition) is 2. The van der Waals surface area contributed by atoms with Crippen molar-refractivity contribution in [1.82, 2.24) is 4.98 Å². The third-order valence-electron chi connectivity index (χ3n) is 2.76. The first-order valence-electron chi connectivity index (χ1n) is 6.85. The first-order chi connectivity index (χ1) is 10.8. The topological polar surface area (TPSA) is 49.9 Å².